The highest BCUT2D eigenvalue weighted by molar-refractivity contribution is 5.82. The van der Waals surface area contributed by atoms with Gasteiger partial charge in [0, 0.05) is 19.6 Å². The van der Waals surface area contributed by atoms with E-state index >= 15 is 0 Å². The summed E-state index contributed by atoms with van der Waals surface area (Å²) < 4.78 is 10.5. The van der Waals surface area contributed by atoms with Crippen LogP contribution in [-0.2, 0) is 16.1 Å². The van der Waals surface area contributed by atoms with Crippen molar-refractivity contribution in [3.05, 3.63) is 24.2 Å². The van der Waals surface area contributed by atoms with Crippen LogP contribution in [0.1, 0.15) is 19.1 Å². The Balaban J connectivity index is 1.72. The second kappa shape index (κ2) is 7.42. The van der Waals surface area contributed by atoms with Gasteiger partial charge in [-0.15, -0.1) is 0 Å². The lowest BCUT2D eigenvalue weighted by molar-refractivity contribution is -0.130. The highest BCUT2D eigenvalue weighted by Gasteiger charge is 2.29. The summed E-state index contributed by atoms with van der Waals surface area (Å²) in [7, 11) is 0. The molecule has 0 bridgehead atoms. The molecule has 112 valence electrons. The Bertz CT molecular complexity index is 407. The van der Waals surface area contributed by atoms with Gasteiger partial charge < -0.3 is 19.6 Å². The summed E-state index contributed by atoms with van der Waals surface area (Å²) in [5.74, 6) is 0.781. The fourth-order valence-electron chi connectivity index (χ4n) is 2.44. The lowest BCUT2D eigenvalue weighted by Gasteiger charge is -2.35. The molecule has 6 nitrogen and oxygen atoms in total. The Hall–Kier alpha value is -1.37. The van der Waals surface area contributed by atoms with Crippen LogP contribution in [0.15, 0.2) is 22.8 Å². The van der Waals surface area contributed by atoms with Crippen molar-refractivity contribution in [3.8, 4) is 0 Å². The number of carbonyl (C=O) groups excluding carboxylic acids is 1. The second-order valence-corrected chi connectivity index (χ2v) is 4.96. The molecule has 1 saturated heterocycles. The largest absolute Gasteiger partial charge is 0.467 e. The first-order valence-electron chi connectivity index (χ1n) is 7.00. The second-order valence-electron chi connectivity index (χ2n) is 4.96. The maximum absolute atomic E-state index is 11.7. The van der Waals surface area contributed by atoms with Crippen LogP contribution in [0.4, 0.5) is 0 Å². The smallest absolute Gasteiger partial charge is 0.237 e. The number of rotatable bonds is 7. The predicted octanol–water partition coefficient (Wildman–Crippen LogP) is 0.368. The SMILES string of the molecule is CCC1C(=O)NCCN1CC(O)COCc1ccco1. The van der Waals surface area contributed by atoms with Crippen molar-refractivity contribution >= 4 is 5.91 Å². The number of hydrogen-bond acceptors (Lipinski definition) is 5. The van der Waals surface area contributed by atoms with Crippen LogP contribution in [0.25, 0.3) is 0 Å². The van der Waals surface area contributed by atoms with Gasteiger partial charge in [0.05, 0.1) is 25.0 Å². The summed E-state index contributed by atoms with van der Waals surface area (Å²) >= 11 is 0. The van der Waals surface area contributed by atoms with Crippen molar-refractivity contribution < 1.29 is 19.1 Å². The maximum Gasteiger partial charge on any atom is 0.237 e. The molecule has 1 amide bonds. The monoisotopic (exact) mass is 282 g/mol. The van der Waals surface area contributed by atoms with Gasteiger partial charge in [0.25, 0.3) is 0 Å². The molecule has 2 unspecified atom stereocenters. The zero-order valence-electron chi connectivity index (χ0n) is 11.7. The van der Waals surface area contributed by atoms with Gasteiger partial charge in [-0.05, 0) is 18.6 Å². The first kappa shape index (κ1) is 15.0. The Morgan fingerprint density at radius 3 is 3.20 bits per heavy atom. The molecule has 0 aliphatic carbocycles. The molecule has 2 atom stereocenters. The number of hydrogen-bond donors (Lipinski definition) is 2. The van der Waals surface area contributed by atoms with Crippen LogP contribution in [0.3, 0.4) is 0 Å². The van der Waals surface area contributed by atoms with Crippen molar-refractivity contribution in [3.63, 3.8) is 0 Å². The Morgan fingerprint density at radius 2 is 2.50 bits per heavy atom. The highest BCUT2D eigenvalue weighted by Crippen LogP contribution is 2.09. The van der Waals surface area contributed by atoms with E-state index in [0.29, 0.717) is 19.7 Å². The quantitative estimate of drug-likeness (QED) is 0.755. The fourth-order valence-corrected chi connectivity index (χ4v) is 2.44. The van der Waals surface area contributed by atoms with Crippen LogP contribution < -0.4 is 5.32 Å². The third kappa shape index (κ3) is 4.06. The summed E-state index contributed by atoms with van der Waals surface area (Å²) in [4.78, 5) is 13.7. The van der Waals surface area contributed by atoms with Crippen LogP contribution in [-0.4, -0.2) is 54.3 Å². The predicted molar refractivity (Wildman–Crippen MR) is 73.0 cm³/mol. The molecule has 0 spiro atoms. The van der Waals surface area contributed by atoms with Crippen molar-refractivity contribution in [2.45, 2.75) is 32.1 Å². The number of carbonyl (C=O) groups is 1. The molecule has 2 N–H and O–H groups in total. The third-order valence-corrected chi connectivity index (χ3v) is 3.41. The van der Waals surface area contributed by atoms with E-state index in [1.54, 1.807) is 12.3 Å². The number of piperazine rings is 1. The molecular formula is C14H22N2O4. The van der Waals surface area contributed by atoms with Crippen LogP contribution in [0, 0.1) is 0 Å². The average Bonchev–Trinajstić information content (AvgIpc) is 2.92. The fraction of sp³-hybridized carbons (Fsp3) is 0.643. The van der Waals surface area contributed by atoms with E-state index < -0.39 is 6.10 Å². The van der Waals surface area contributed by atoms with Gasteiger partial charge in [-0.2, -0.15) is 0 Å². The highest BCUT2D eigenvalue weighted by atomic mass is 16.5. The normalized spacial score (nSPS) is 21.7. The number of β-amino-alcohol motifs (C(OH)–C–C–N with tert-alkyl or cyclic N) is 1. The van der Waals surface area contributed by atoms with E-state index in [1.165, 1.54) is 0 Å². The number of furan rings is 1. The van der Waals surface area contributed by atoms with Crippen molar-refractivity contribution in [1.29, 1.82) is 0 Å². The first-order valence-corrected chi connectivity index (χ1v) is 7.00. The van der Waals surface area contributed by atoms with Gasteiger partial charge in [0.1, 0.15) is 12.4 Å². The molecule has 1 aromatic rings. The molecule has 0 radical (unpaired) electrons. The van der Waals surface area contributed by atoms with Gasteiger partial charge in [-0.3, -0.25) is 9.69 Å². The molecule has 6 heteroatoms. The lowest BCUT2D eigenvalue weighted by atomic mass is 10.1. The van der Waals surface area contributed by atoms with Crippen molar-refractivity contribution in [2.75, 3.05) is 26.2 Å². The number of aliphatic hydroxyl groups excluding tert-OH is 1. The molecule has 0 saturated carbocycles. The van der Waals surface area contributed by atoms with Gasteiger partial charge >= 0.3 is 0 Å². The average molecular weight is 282 g/mol. The molecule has 2 rings (SSSR count). The molecule has 20 heavy (non-hydrogen) atoms. The molecule has 1 fully saturated rings. The van der Waals surface area contributed by atoms with Gasteiger partial charge in [-0.1, -0.05) is 6.92 Å². The minimum Gasteiger partial charge on any atom is -0.467 e. The van der Waals surface area contributed by atoms with Gasteiger partial charge in [0.2, 0.25) is 5.91 Å². The van der Waals surface area contributed by atoms with E-state index in [-0.39, 0.29) is 18.6 Å². The van der Waals surface area contributed by atoms with Gasteiger partial charge in [-0.25, -0.2) is 0 Å². The van der Waals surface area contributed by atoms with E-state index in [0.717, 1.165) is 18.7 Å². The van der Waals surface area contributed by atoms with Crippen LogP contribution >= 0.6 is 0 Å². The minimum atomic E-state index is -0.607. The Morgan fingerprint density at radius 1 is 1.65 bits per heavy atom. The minimum absolute atomic E-state index is 0.0439. The molecule has 1 aromatic heterocycles. The zero-order valence-corrected chi connectivity index (χ0v) is 11.7. The molecular weight excluding hydrogens is 260 g/mol. The lowest BCUT2D eigenvalue weighted by Crippen LogP contribution is -2.56. The molecule has 0 aromatic carbocycles. The van der Waals surface area contributed by atoms with Crippen LogP contribution in [0.5, 0.6) is 0 Å². The van der Waals surface area contributed by atoms with Crippen molar-refractivity contribution in [2.24, 2.45) is 0 Å². The summed E-state index contributed by atoms with van der Waals surface area (Å²) in [5.41, 5.74) is 0. The molecule has 1 aliphatic heterocycles. The van der Waals surface area contributed by atoms with E-state index in [4.69, 9.17) is 9.15 Å². The van der Waals surface area contributed by atoms with E-state index in [9.17, 15) is 9.90 Å². The third-order valence-electron chi connectivity index (χ3n) is 3.41. The van der Waals surface area contributed by atoms with E-state index in [1.807, 2.05) is 17.9 Å². The number of nitrogens with zero attached hydrogens (tertiary/aromatic N) is 1. The Kier molecular flexibility index (Phi) is 5.58. The zero-order chi connectivity index (χ0) is 14.4. The molecule has 2 heterocycles. The summed E-state index contributed by atoms with van der Waals surface area (Å²) in [6, 6.07) is 3.48. The van der Waals surface area contributed by atoms with Crippen molar-refractivity contribution in [1.82, 2.24) is 10.2 Å². The van der Waals surface area contributed by atoms with Crippen LogP contribution in [0.2, 0.25) is 0 Å². The number of aliphatic hydroxyl groups is 1. The standard InChI is InChI=1S/C14H22N2O4/c1-2-13-14(18)15-5-6-16(13)8-11(17)9-19-10-12-4-3-7-20-12/h3-4,7,11,13,17H,2,5-6,8-10H2,1H3,(H,15,18). The summed E-state index contributed by atoms with van der Waals surface area (Å²) in [6.45, 7) is 4.40. The number of amides is 1. The summed E-state index contributed by atoms with van der Waals surface area (Å²) in [5, 5.41) is 12.8. The number of ether oxygens (including phenoxy) is 1. The maximum atomic E-state index is 11.7. The molecule has 1 aliphatic rings. The Labute approximate surface area is 118 Å². The number of nitrogens with one attached hydrogen (secondary N) is 1. The topological polar surface area (TPSA) is 74.9 Å². The van der Waals surface area contributed by atoms with E-state index in [2.05, 4.69) is 5.32 Å². The van der Waals surface area contributed by atoms with Gasteiger partial charge in [0.15, 0.2) is 0 Å². The first-order chi connectivity index (χ1) is 9.70. The summed E-state index contributed by atoms with van der Waals surface area (Å²) in [6.07, 6.45) is 1.73.